The molecular formula is C12H15ClN2O3S2. The lowest BCUT2D eigenvalue weighted by atomic mass is 10.1. The first-order valence-electron chi connectivity index (χ1n) is 5.95. The lowest BCUT2D eigenvalue weighted by Crippen LogP contribution is -2.34. The lowest BCUT2D eigenvalue weighted by Gasteiger charge is -2.19. The third-order valence-electron chi connectivity index (χ3n) is 3.26. The van der Waals surface area contributed by atoms with E-state index in [0.29, 0.717) is 12.0 Å². The normalized spacial score (nSPS) is 23.9. The molecule has 1 aromatic carbocycles. The molecule has 3 N–H and O–H groups in total. The first kappa shape index (κ1) is 15.7. The van der Waals surface area contributed by atoms with E-state index in [4.69, 9.17) is 29.6 Å². The molecule has 20 heavy (non-hydrogen) atoms. The summed E-state index contributed by atoms with van der Waals surface area (Å²) in [6.07, 6.45) is 0.408. The van der Waals surface area contributed by atoms with Gasteiger partial charge in [0.25, 0.3) is 0 Å². The van der Waals surface area contributed by atoms with Gasteiger partial charge in [-0.05, 0) is 31.5 Å². The summed E-state index contributed by atoms with van der Waals surface area (Å²) < 4.78 is 26.1. The minimum atomic E-state index is -3.67. The molecule has 0 bridgehead atoms. The summed E-state index contributed by atoms with van der Waals surface area (Å²) in [6, 6.07) is 4.24. The van der Waals surface area contributed by atoms with Crippen molar-refractivity contribution < 1.29 is 13.5 Å². The van der Waals surface area contributed by atoms with Gasteiger partial charge in [0.1, 0.15) is 4.99 Å². The predicted octanol–water partition coefficient (Wildman–Crippen LogP) is 1.12. The fraction of sp³-hybridized carbons (Fsp3) is 0.417. The first-order valence-corrected chi connectivity index (χ1v) is 8.18. The standard InChI is InChI=1S/C12H15ClN2O3S2/c1-12(16)4-5-15(7-12)20(17,18)8-2-3-9(11(14)19)10(13)6-8/h2-3,6,16H,4-5,7H2,1H3,(H2,14,19). The Balaban J connectivity index is 2.36. The number of sulfonamides is 1. The predicted molar refractivity (Wildman–Crippen MR) is 81.3 cm³/mol. The molecule has 0 spiro atoms. The molecular weight excluding hydrogens is 320 g/mol. The molecule has 1 aromatic rings. The number of halogens is 1. The van der Waals surface area contributed by atoms with E-state index in [9.17, 15) is 13.5 Å². The number of nitrogens with two attached hydrogens (primary N) is 1. The minimum Gasteiger partial charge on any atom is -0.389 e. The number of benzene rings is 1. The quantitative estimate of drug-likeness (QED) is 0.809. The Morgan fingerprint density at radius 1 is 1.55 bits per heavy atom. The van der Waals surface area contributed by atoms with Gasteiger partial charge in [0.2, 0.25) is 10.0 Å². The van der Waals surface area contributed by atoms with Crippen LogP contribution in [0.4, 0.5) is 0 Å². The van der Waals surface area contributed by atoms with Crippen molar-refractivity contribution in [3.05, 3.63) is 28.8 Å². The number of nitrogens with zero attached hydrogens (tertiary/aromatic N) is 1. The van der Waals surface area contributed by atoms with Gasteiger partial charge in [-0.2, -0.15) is 4.31 Å². The summed E-state index contributed by atoms with van der Waals surface area (Å²) in [4.78, 5) is 0.184. The molecule has 0 saturated carbocycles. The van der Waals surface area contributed by atoms with Gasteiger partial charge in [0.15, 0.2) is 0 Å². The first-order chi connectivity index (χ1) is 9.13. The molecule has 0 radical (unpaired) electrons. The number of hydrogen-bond donors (Lipinski definition) is 2. The SMILES string of the molecule is CC1(O)CCN(S(=O)(=O)c2ccc(C(N)=S)c(Cl)c2)C1. The largest absolute Gasteiger partial charge is 0.389 e. The highest BCUT2D eigenvalue weighted by Crippen LogP contribution is 2.28. The van der Waals surface area contributed by atoms with Crippen LogP contribution in [0, 0.1) is 0 Å². The van der Waals surface area contributed by atoms with Crippen LogP contribution in [0.25, 0.3) is 0 Å². The second kappa shape index (κ2) is 5.23. The Morgan fingerprint density at radius 3 is 2.65 bits per heavy atom. The summed E-state index contributed by atoms with van der Waals surface area (Å²) in [7, 11) is -3.67. The van der Waals surface area contributed by atoms with Crippen LogP contribution in [0.5, 0.6) is 0 Å². The van der Waals surface area contributed by atoms with E-state index in [-0.39, 0.29) is 28.0 Å². The summed E-state index contributed by atoms with van der Waals surface area (Å²) in [5, 5.41) is 10.1. The maximum absolute atomic E-state index is 12.4. The fourth-order valence-corrected chi connectivity index (χ4v) is 4.28. The maximum Gasteiger partial charge on any atom is 0.243 e. The zero-order chi connectivity index (χ0) is 15.1. The second-order valence-electron chi connectivity index (χ2n) is 5.09. The van der Waals surface area contributed by atoms with Crippen LogP contribution >= 0.6 is 23.8 Å². The molecule has 1 fully saturated rings. The summed E-state index contributed by atoms with van der Waals surface area (Å²) in [5.74, 6) is 0. The monoisotopic (exact) mass is 334 g/mol. The third kappa shape index (κ3) is 2.96. The smallest absolute Gasteiger partial charge is 0.243 e. The second-order valence-corrected chi connectivity index (χ2v) is 7.88. The fourth-order valence-electron chi connectivity index (χ4n) is 2.11. The van der Waals surface area contributed by atoms with Crippen molar-refractivity contribution in [3.63, 3.8) is 0 Å². The van der Waals surface area contributed by atoms with Gasteiger partial charge >= 0.3 is 0 Å². The third-order valence-corrected chi connectivity index (χ3v) is 5.63. The molecule has 1 saturated heterocycles. The van der Waals surface area contributed by atoms with Gasteiger partial charge in [-0.3, -0.25) is 0 Å². The van der Waals surface area contributed by atoms with Gasteiger partial charge in [-0.15, -0.1) is 0 Å². The van der Waals surface area contributed by atoms with Crippen LogP contribution < -0.4 is 5.73 Å². The van der Waals surface area contributed by atoms with E-state index in [1.807, 2.05) is 0 Å². The van der Waals surface area contributed by atoms with Gasteiger partial charge in [-0.25, -0.2) is 8.42 Å². The zero-order valence-electron chi connectivity index (χ0n) is 10.8. The highest BCUT2D eigenvalue weighted by molar-refractivity contribution is 7.89. The van der Waals surface area contributed by atoms with Crippen LogP contribution in [0.1, 0.15) is 18.9 Å². The number of rotatable bonds is 3. The molecule has 1 heterocycles. The molecule has 1 aliphatic rings. The van der Waals surface area contributed by atoms with E-state index in [0.717, 1.165) is 0 Å². The maximum atomic E-state index is 12.4. The van der Waals surface area contributed by atoms with Crippen molar-refractivity contribution in [1.29, 1.82) is 0 Å². The van der Waals surface area contributed by atoms with Crippen LogP contribution in [0.15, 0.2) is 23.1 Å². The number of aliphatic hydroxyl groups is 1. The average Bonchev–Trinajstić information content (AvgIpc) is 2.69. The molecule has 8 heteroatoms. The van der Waals surface area contributed by atoms with E-state index in [2.05, 4.69) is 0 Å². The topological polar surface area (TPSA) is 83.6 Å². The van der Waals surface area contributed by atoms with Crippen molar-refractivity contribution in [1.82, 2.24) is 4.31 Å². The molecule has 0 aliphatic carbocycles. The molecule has 0 aromatic heterocycles. The Hall–Kier alpha value is -0.730. The van der Waals surface area contributed by atoms with Crippen molar-refractivity contribution in [2.24, 2.45) is 5.73 Å². The highest BCUT2D eigenvalue weighted by atomic mass is 35.5. The van der Waals surface area contributed by atoms with E-state index < -0.39 is 15.6 Å². The Labute approximate surface area is 128 Å². The molecule has 110 valence electrons. The molecule has 1 unspecified atom stereocenters. The van der Waals surface area contributed by atoms with Gasteiger partial charge in [-0.1, -0.05) is 23.8 Å². The van der Waals surface area contributed by atoms with E-state index >= 15 is 0 Å². The lowest BCUT2D eigenvalue weighted by molar-refractivity contribution is 0.0762. The number of thiocarbonyl (C=S) groups is 1. The zero-order valence-corrected chi connectivity index (χ0v) is 13.2. The summed E-state index contributed by atoms with van der Waals surface area (Å²) >= 11 is 10.8. The molecule has 1 aliphatic heterocycles. The Bertz CT molecular complexity index is 659. The van der Waals surface area contributed by atoms with Crippen molar-refractivity contribution in [2.45, 2.75) is 23.8 Å². The number of hydrogen-bond acceptors (Lipinski definition) is 4. The Kier molecular flexibility index (Phi) is 4.10. The summed E-state index contributed by atoms with van der Waals surface area (Å²) in [5.41, 5.74) is 4.93. The minimum absolute atomic E-state index is 0.0696. The van der Waals surface area contributed by atoms with Crippen molar-refractivity contribution in [2.75, 3.05) is 13.1 Å². The van der Waals surface area contributed by atoms with Crippen LogP contribution in [-0.2, 0) is 10.0 Å². The molecule has 5 nitrogen and oxygen atoms in total. The van der Waals surface area contributed by atoms with Gasteiger partial charge in [0, 0.05) is 18.7 Å². The van der Waals surface area contributed by atoms with Crippen LogP contribution in [0.3, 0.4) is 0 Å². The van der Waals surface area contributed by atoms with E-state index in [1.165, 1.54) is 22.5 Å². The molecule has 0 amide bonds. The van der Waals surface area contributed by atoms with Gasteiger partial charge < -0.3 is 10.8 Å². The number of β-amino-alcohol motifs (C(OH)–C–C–N with tert-alkyl or cyclic N) is 1. The average molecular weight is 335 g/mol. The highest BCUT2D eigenvalue weighted by Gasteiger charge is 2.38. The van der Waals surface area contributed by atoms with Crippen molar-refractivity contribution >= 4 is 38.8 Å². The summed E-state index contributed by atoms with van der Waals surface area (Å²) in [6.45, 7) is 1.97. The molecule has 2 rings (SSSR count). The van der Waals surface area contributed by atoms with Crippen LogP contribution in [0.2, 0.25) is 5.02 Å². The van der Waals surface area contributed by atoms with Crippen molar-refractivity contribution in [3.8, 4) is 0 Å². The van der Waals surface area contributed by atoms with Gasteiger partial charge in [0.05, 0.1) is 15.5 Å². The molecule has 1 atom stereocenters. The Morgan fingerprint density at radius 2 is 2.20 bits per heavy atom. The van der Waals surface area contributed by atoms with Crippen LogP contribution in [-0.4, -0.2) is 41.5 Å². The van der Waals surface area contributed by atoms with E-state index in [1.54, 1.807) is 6.92 Å².